The smallest absolute Gasteiger partial charge is 0.0506 e. The highest BCUT2D eigenvalue weighted by molar-refractivity contribution is 5.98. The largest absolute Gasteiger partial charge is 0.412 e. The normalized spacial score (nSPS) is 25.0. The molecule has 1 aromatic heterocycles. The monoisotopic (exact) mass is 272 g/mol. The molecule has 0 unspecified atom stereocenters. The fourth-order valence-corrected chi connectivity index (χ4v) is 3.66. The van der Waals surface area contributed by atoms with Crippen LogP contribution in [0.5, 0.6) is 0 Å². The van der Waals surface area contributed by atoms with Crippen molar-refractivity contribution in [2.45, 2.75) is 12.5 Å². The van der Waals surface area contributed by atoms with Crippen LogP contribution in [0.25, 0.3) is 16.5 Å². The number of fused-ring (bicyclic) bond motifs is 2. The molecular formula is C16H20N2O2. The summed E-state index contributed by atoms with van der Waals surface area (Å²) < 4.78 is 0. The maximum Gasteiger partial charge on any atom is 0.0506 e. The van der Waals surface area contributed by atoms with Gasteiger partial charge in [-0.2, -0.15) is 0 Å². The van der Waals surface area contributed by atoms with Crippen LogP contribution in [-0.2, 0) is 6.42 Å². The van der Waals surface area contributed by atoms with Crippen LogP contribution in [0.15, 0.2) is 30.5 Å². The summed E-state index contributed by atoms with van der Waals surface area (Å²) in [5.74, 6) is 0.256. The van der Waals surface area contributed by atoms with Gasteiger partial charge in [0.15, 0.2) is 0 Å². The molecule has 0 fully saturated rings. The van der Waals surface area contributed by atoms with E-state index in [1.54, 1.807) is 0 Å². The second-order valence-corrected chi connectivity index (χ2v) is 5.77. The molecule has 1 aromatic carbocycles. The molecule has 0 spiro atoms. The van der Waals surface area contributed by atoms with Crippen molar-refractivity contribution in [3.8, 4) is 0 Å². The van der Waals surface area contributed by atoms with Crippen molar-refractivity contribution < 1.29 is 10.6 Å². The van der Waals surface area contributed by atoms with Crippen LogP contribution in [0, 0.1) is 5.92 Å². The Morgan fingerprint density at radius 1 is 1.40 bits per heavy atom. The van der Waals surface area contributed by atoms with Gasteiger partial charge in [0.25, 0.3) is 0 Å². The van der Waals surface area contributed by atoms with Gasteiger partial charge in [-0.15, -0.1) is 0 Å². The molecule has 0 amide bonds. The van der Waals surface area contributed by atoms with Gasteiger partial charge in [-0.1, -0.05) is 18.2 Å². The molecule has 1 aliphatic carbocycles. The number of aliphatic hydroxyl groups is 1. The zero-order valence-electron chi connectivity index (χ0n) is 11.6. The molecule has 4 N–H and O–H groups in total. The summed E-state index contributed by atoms with van der Waals surface area (Å²) in [4.78, 5) is 5.75. The first kappa shape index (κ1) is 13.4. The maximum atomic E-state index is 9.47. The quantitative estimate of drug-likeness (QED) is 0.819. The standard InChI is InChI=1S/C16H18N2O.H2O/c1-18-8-10(9-19)5-13-12-3-2-4-14-16(12)11(7-17-14)6-15(13)18;/h2-5,7,10,15,17,19H,6,8-9H2,1H3;1H2/t10-,15-;/m1./s1. The lowest BCUT2D eigenvalue weighted by molar-refractivity contribution is 0.181. The zero-order chi connectivity index (χ0) is 13.0. The van der Waals surface area contributed by atoms with Crippen molar-refractivity contribution in [2.24, 2.45) is 5.92 Å². The molecule has 2 aromatic rings. The molecule has 2 atom stereocenters. The summed E-state index contributed by atoms with van der Waals surface area (Å²) in [6.07, 6.45) is 5.50. The minimum Gasteiger partial charge on any atom is -0.412 e. The summed E-state index contributed by atoms with van der Waals surface area (Å²) in [5, 5.41) is 10.8. The Kier molecular flexibility index (Phi) is 3.17. The van der Waals surface area contributed by atoms with E-state index in [1.807, 2.05) is 0 Å². The van der Waals surface area contributed by atoms with Gasteiger partial charge in [0.1, 0.15) is 0 Å². The van der Waals surface area contributed by atoms with Gasteiger partial charge in [0.05, 0.1) is 6.61 Å². The molecule has 4 nitrogen and oxygen atoms in total. The predicted octanol–water partition coefficient (Wildman–Crippen LogP) is 1.21. The summed E-state index contributed by atoms with van der Waals surface area (Å²) in [5.41, 5.74) is 5.38. The van der Waals surface area contributed by atoms with Crippen molar-refractivity contribution in [3.05, 3.63) is 41.6 Å². The Balaban J connectivity index is 0.00000121. The Hall–Kier alpha value is -1.62. The third kappa shape index (κ3) is 1.73. The van der Waals surface area contributed by atoms with E-state index >= 15 is 0 Å². The molecule has 2 heterocycles. The van der Waals surface area contributed by atoms with Gasteiger partial charge in [0, 0.05) is 35.6 Å². The number of hydrogen-bond acceptors (Lipinski definition) is 2. The number of H-pyrrole nitrogens is 1. The van der Waals surface area contributed by atoms with Gasteiger partial charge >= 0.3 is 0 Å². The van der Waals surface area contributed by atoms with Gasteiger partial charge in [0.2, 0.25) is 0 Å². The molecule has 0 radical (unpaired) electrons. The topological polar surface area (TPSA) is 70.8 Å². The average Bonchev–Trinajstić information content (AvgIpc) is 2.85. The molecule has 4 rings (SSSR count). The Labute approximate surface area is 118 Å². The highest BCUT2D eigenvalue weighted by Crippen LogP contribution is 2.40. The Bertz CT molecular complexity index is 674. The van der Waals surface area contributed by atoms with Crippen LogP contribution in [0.4, 0.5) is 0 Å². The molecule has 0 saturated carbocycles. The van der Waals surface area contributed by atoms with Crippen molar-refractivity contribution >= 4 is 16.5 Å². The Morgan fingerprint density at radius 3 is 3.05 bits per heavy atom. The SMILES string of the molecule is CN1C[C@H](CO)C=C2c3cccc4[nH]cc(c34)C[C@H]21.O. The number of aromatic nitrogens is 1. The number of nitrogens with one attached hydrogen (secondary N) is 1. The van der Waals surface area contributed by atoms with E-state index in [1.165, 1.54) is 27.6 Å². The second kappa shape index (κ2) is 4.74. The first-order chi connectivity index (χ1) is 9.28. The number of aliphatic hydroxyl groups excluding tert-OH is 1. The first-order valence-electron chi connectivity index (χ1n) is 6.90. The van der Waals surface area contributed by atoms with E-state index in [-0.39, 0.29) is 18.0 Å². The van der Waals surface area contributed by atoms with Crippen LogP contribution in [0.1, 0.15) is 11.1 Å². The van der Waals surface area contributed by atoms with E-state index in [2.05, 4.69) is 47.4 Å². The number of hydrogen-bond donors (Lipinski definition) is 2. The van der Waals surface area contributed by atoms with E-state index in [9.17, 15) is 5.11 Å². The fourth-order valence-electron chi connectivity index (χ4n) is 3.66. The highest BCUT2D eigenvalue weighted by atomic mass is 16.3. The zero-order valence-corrected chi connectivity index (χ0v) is 11.6. The molecular weight excluding hydrogens is 252 g/mol. The minimum absolute atomic E-state index is 0. The molecule has 0 saturated heterocycles. The lowest BCUT2D eigenvalue weighted by Crippen LogP contribution is -2.43. The highest BCUT2D eigenvalue weighted by Gasteiger charge is 2.33. The van der Waals surface area contributed by atoms with E-state index in [0.717, 1.165) is 13.0 Å². The van der Waals surface area contributed by atoms with Crippen molar-refractivity contribution in [2.75, 3.05) is 20.2 Å². The molecule has 1 aliphatic heterocycles. The molecule has 2 aliphatic rings. The minimum atomic E-state index is 0. The number of likely N-dealkylation sites (N-methyl/N-ethyl adjacent to an activating group) is 1. The summed E-state index contributed by atoms with van der Waals surface area (Å²) in [6.45, 7) is 1.18. The molecule has 4 heteroatoms. The van der Waals surface area contributed by atoms with E-state index < -0.39 is 0 Å². The molecule has 20 heavy (non-hydrogen) atoms. The van der Waals surface area contributed by atoms with E-state index in [0.29, 0.717) is 6.04 Å². The predicted molar refractivity (Wildman–Crippen MR) is 80.6 cm³/mol. The summed E-state index contributed by atoms with van der Waals surface area (Å²) >= 11 is 0. The van der Waals surface area contributed by atoms with Crippen LogP contribution >= 0.6 is 0 Å². The van der Waals surface area contributed by atoms with Crippen LogP contribution < -0.4 is 0 Å². The molecule has 0 bridgehead atoms. The molecule has 106 valence electrons. The van der Waals surface area contributed by atoms with Gasteiger partial charge in [-0.25, -0.2) is 0 Å². The lowest BCUT2D eigenvalue weighted by Gasteiger charge is -2.39. The van der Waals surface area contributed by atoms with Gasteiger partial charge in [-0.3, -0.25) is 4.90 Å². The van der Waals surface area contributed by atoms with Gasteiger partial charge < -0.3 is 15.6 Å². The average molecular weight is 272 g/mol. The lowest BCUT2D eigenvalue weighted by atomic mass is 9.80. The number of rotatable bonds is 1. The first-order valence-corrected chi connectivity index (χ1v) is 6.90. The van der Waals surface area contributed by atoms with Crippen LogP contribution in [-0.4, -0.2) is 46.7 Å². The van der Waals surface area contributed by atoms with Gasteiger partial charge in [-0.05, 0) is 36.2 Å². The van der Waals surface area contributed by atoms with Crippen molar-refractivity contribution in [1.29, 1.82) is 0 Å². The number of benzene rings is 1. The number of nitrogens with zero attached hydrogens (tertiary/aromatic N) is 1. The van der Waals surface area contributed by atoms with E-state index in [4.69, 9.17) is 0 Å². The van der Waals surface area contributed by atoms with Crippen molar-refractivity contribution in [1.82, 2.24) is 9.88 Å². The third-order valence-electron chi connectivity index (χ3n) is 4.58. The summed E-state index contributed by atoms with van der Waals surface area (Å²) in [6, 6.07) is 6.92. The number of aromatic amines is 1. The second-order valence-electron chi connectivity index (χ2n) is 5.77. The fraction of sp³-hybridized carbons (Fsp3) is 0.375. The Morgan fingerprint density at radius 2 is 2.25 bits per heavy atom. The van der Waals surface area contributed by atoms with Crippen LogP contribution in [0.2, 0.25) is 0 Å². The third-order valence-corrected chi connectivity index (χ3v) is 4.58. The summed E-state index contributed by atoms with van der Waals surface area (Å²) in [7, 11) is 2.16. The van der Waals surface area contributed by atoms with Crippen LogP contribution in [0.3, 0.4) is 0 Å². The van der Waals surface area contributed by atoms with Crippen molar-refractivity contribution in [3.63, 3.8) is 0 Å². The maximum absolute atomic E-state index is 9.47.